The van der Waals surface area contributed by atoms with Crippen LogP contribution < -0.4 is 5.32 Å². The Morgan fingerprint density at radius 3 is 2.95 bits per heavy atom. The highest BCUT2D eigenvalue weighted by atomic mass is 35.5. The van der Waals surface area contributed by atoms with Crippen molar-refractivity contribution in [2.45, 2.75) is 25.7 Å². The third-order valence-electron chi connectivity index (χ3n) is 4.04. The summed E-state index contributed by atoms with van der Waals surface area (Å²) in [4.78, 5) is 4.39. The summed E-state index contributed by atoms with van der Waals surface area (Å²) in [6.07, 6.45) is 6.69. The van der Waals surface area contributed by atoms with E-state index in [9.17, 15) is 0 Å². The molecule has 1 N–H and O–H groups in total. The molecule has 1 aliphatic heterocycles. The van der Waals surface area contributed by atoms with E-state index in [1.807, 2.05) is 6.07 Å². The predicted octanol–water partition coefficient (Wildman–Crippen LogP) is 4.24. The number of para-hydroxylation sites is 1. The minimum Gasteiger partial charge on any atom is -0.316 e. The Kier molecular flexibility index (Phi) is 5.64. The number of rotatable bonds is 3. The van der Waals surface area contributed by atoms with Crippen molar-refractivity contribution in [2.24, 2.45) is 5.92 Å². The summed E-state index contributed by atoms with van der Waals surface area (Å²) in [5.74, 6) is 0.789. The molecule has 1 unspecified atom stereocenters. The molecular formula is C16H20Cl2N2. The Bertz CT molecular complexity index is 565. The van der Waals surface area contributed by atoms with Crippen molar-refractivity contribution < 1.29 is 0 Å². The van der Waals surface area contributed by atoms with E-state index in [4.69, 9.17) is 11.6 Å². The number of piperidine rings is 1. The maximum Gasteiger partial charge on any atom is 0.0705 e. The van der Waals surface area contributed by atoms with Gasteiger partial charge in [-0.3, -0.25) is 4.98 Å². The van der Waals surface area contributed by atoms with Gasteiger partial charge in [0.25, 0.3) is 0 Å². The van der Waals surface area contributed by atoms with Crippen molar-refractivity contribution in [1.82, 2.24) is 10.3 Å². The van der Waals surface area contributed by atoms with Crippen molar-refractivity contribution >= 4 is 34.9 Å². The highest BCUT2D eigenvalue weighted by molar-refractivity contribution is 6.32. The number of hydrogen-bond acceptors (Lipinski definition) is 2. The number of aryl methyl sites for hydroxylation is 1. The Labute approximate surface area is 131 Å². The fourth-order valence-electron chi connectivity index (χ4n) is 2.95. The van der Waals surface area contributed by atoms with Crippen LogP contribution in [0.1, 0.15) is 24.8 Å². The topological polar surface area (TPSA) is 24.9 Å². The van der Waals surface area contributed by atoms with Crippen LogP contribution in [-0.4, -0.2) is 18.1 Å². The predicted molar refractivity (Wildman–Crippen MR) is 87.9 cm³/mol. The molecule has 2 nitrogen and oxygen atoms in total. The van der Waals surface area contributed by atoms with Gasteiger partial charge in [-0.2, -0.15) is 0 Å². The first kappa shape index (κ1) is 15.6. The van der Waals surface area contributed by atoms with E-state index in [0.717, 1.165) is 29.4 Å². The van der Waals surface area contributed by atoms with E-state index in [0.29, 0.717) is 0 Å². The van der Waals surface area contributed by atoms with Crippen molar-refractivity contribution in [2.75, 3.05) is 13.1 Å². The average molecular weight is 311 g/mol. The number of aromatic nitrogens is 1. The number of fused-ring (bicyclic) bond motifs is 1. The van der Waals surface area contributed by atoms with Crippen molar-refractivity contribution in [1.29, 1.82) is 0 Å². The molecule has 0 bridgehead atoms. The second-order valence-electron chi connectivity index (χ2n) is 5.35. The summed E-state index contributed by atoms with van der Waals surface area (Å²) in [6, 6.07) is 8.27. The number of benzene rings is 1. The summed E-state index contributed by atoms with van der Waals surface area (Å²) < 4.78 is 0. The van der Waals surface area contributed by atoms with Gasteiger partial charge in [-0.05, 0) is 56.3 Å². The average Bonchev–Trinajstić information content (AvgIpc) is 2.47. The lowest BCUT2D eigenvalue weighted by atomic mass is 9.92. The second-order valence-corrected chi connectivity index (χ2v) is 5.76. The largest absolute Gasteiger partial charge is 0.316 e. The lowest BCUT2D eigenvalue weighted by Crippen LogP contribution is -2.29. The Morgan fingerprint density at radius 2 is 2.15 bits per heavy atom. The van der Waals surface area contributed by atoms with Gasteiger partial charge < -0.3 is 5.32 Å². The maximum absolute atomic E-state index is 6.34. The fourth-order valence-corrected chi connectivity index (χ4v) is 3.19. The molecule has 20 heavy (non-hydrogen) atoms. The highest BCUT2D eigenvalue weighted by Crippen LogP contribution is 2.27. The third kappa shape index (κ3) is 3.43. The Morgan fingerprint density at radius 1 is 1.30 bits per heavy atom. The molecule has 3 rings (SSSR count). The van der Waals surface area contributed by atoms with E-state index in [1.54, 1.807) is 6.20 Å². The van der Waals surface area contributed by atoms with Gasteiger partial charge in [0.2, 0.25) is 0 Å². The number of halogens is 2. The maximum atomic E-state index is 6.34. The van der Waals surface area contributed by atoms with Crippen LogP contribution in [-0.2, 0) is 6.42 Å². The SMILES string of the molecule is Cl.Clc1cnc2ccccc2c1CCC1CCCNC1. The normalized spacial score (nSPS) is 18.8. The zero-order chi connectivity index (χ0) is 13.1. The minimum absolute atomic E-state index is 0. The van der Waals surface area contributed by atoms with Crippen LogP contribution in [0.5, 0.6) is 0 Å². The summed E-state index contributed by atoms with van der Waals surface area (Å²) in [5, 5.41) is 5.49. The van der Waals surface area contributed by atoms with Gasteiger partial charge in [-0.1, -0.05) is 29.8 Å². The molecule has 0 saturated carbocycles. The number of hydrogen-bond donors (Lipinski definition) is 1. The first-order chi connectivity index (χ1) is 9.34. The van der Waals surface area contributed by atoms with Crippen LogP contribution in [0.15, 0.2) is 30.5 Å². The quantitative estimate of drug-likeness (QED) is 0.917. The summed E-state index contributed by atoms with van der Waals surface area (Å²) in [5.41, 5.74) is 2.31. The van der Waals surface area contributed by atoms with E-state index in [-0.39, 0.29) is 12.4 Å². The monoisotopic (exact) mass is 310 g/mol. The van der Waals surface area contributed by atoms with Gasteiger partial charge in [0.15, 0.2) is 0 Å². The molecule has 1 aliphatic rings. The molecule has 1 aromatic carbocycles. The third-order valence-corrected chi connectivity index (χ3v) is 4.36. The standard InChI is InChI=1S/C16H19ClN2.ClH/c17-15-11-19-16-6-2-1-5-14(16)13(15)8-7-12-4-3-9-18-10-12;/h1-2,5-6,11-12,18H,3-4,7-10H2;1H. The van der Waals surface area contributed by atoms with Gasteiger partial charge in [0.05, 0.1) is 10.5 Å². The molecule has 0 amide bonds. The summed E-state index contributed by atoms with van der Waals surface area (Å²) in [7, 11) is 0. The molecule has 0 aliphatic carbocycles. The molecular weight excluding hydrogens is 291 g/mol. The molecule has 1 fully saturated rings. The minimum atomic E-state index is 0. The smallest absolute Gasteiger partial charge is 0.0705 e. The zero-order valence-corrected chi connectivity index (χ0v) is 13.0. The Hall–Kier alpha value is -0.830. The lowest BCUT2D eigenvalue weighted by Gasteiger charge is -2.23. The summed E-state index contributed by atoms with van der Waals surface area (Å²) in [6.45, 7) is 2.33. The van der Waals surface area contributed by atoms with Crippen LogP contribution in [0.4, 0.5) is 0 Å². The van der Waals surface area contributed by atoms with Crippen molar-refractivity contribution in [3.05, 3.63) is 41.0 Å². The lowest BCUT2D eigenvalue weighted by molar-refractivity contribution is 0.358. The van der Waals surface area contributed by atoms with Gasteiger partial charge in [-0.15, -0.1) is 12.4 Å². The van der Waals surface area contributed by atoms with Gasteiger partial charge >= 0.3 is 0 Å². The van der Waals surface area contributed by atoms with Crippen LogP contribution in [0.25, 0.3) is 10.9 Å². The van der Waals surface area contributed by atoms with Crippen LogP contribution in [0.3, 0.4) is 0 Å². The second kappa shape index (κ2) is 7.26. The molecule has 2 aromatic rings. The van der Waals surface area contributed by atoms with Crippen molar-refractivity contribution in [3.8, 4) is 0 Å². The van der Waals surface area contributed by atoms with Crippen LogP contribution in [0, 0.1) is 5.92 Å². The van der Waals surface area contributed by atoms with Crippen LogP contribution >= 0.6 is 24.0 Å². The molecule has 0 spiro atoms. The molecule has 1 aromatic heterocycles. The van der Waals surface area contributed by atoms with Gasteiger partial charge in [-0.25, -0.2) is 0 Å². The van der Waals surface area contributed by atoms with E-state index >= 15 is 0 Å². The fraction of sp³-hybridized carbons (Fsp3) is 0.438. The molecule has 2 heterocycles. The molecule has 4 heteroatoms. The van der Waals surface area contributed by atoms with E-state index < -0.39 is 0 Å². The summed E-state index contributed by atoms with van der Waals surface area (Å²) >= 11 is 6.34. The zero-order valence-electron chi connectivity index (χ0n) is 11.4. The molecule has 1 saturated heterocycles. The van der Waals surface area contributed by atoms with E-state index in [2.05, 4.69) is 28.5 Å². The van der Waals surface area contributed by atoms with Crippen molar-refractivity contribution in [3.63, 3.8) is 0 Å². The molecule has 0 radical (unpaired) electrons. The highest BCUT2D eigenvalue weighted by Gasteiger charge is 2.14. The molecule has 108 valence electrons. The van der Waals surface area contributed by atoms with Gasteiger partial charge in [0.1, 0.15) is 0 Å². The van der Waals surface area contributed by atoms with Gasteiger partial charge in [0, 0.05) is 11.6 Å². The number of nitrogens with one attached hydrogen (secondary N) is 1. The Balaban J connectivity index is 0.00000147. The number of pyridine rings is 1. The number of nitrogens with zero attached hydrogens (tertiary/aromatic N) is 1. The molecule has 1 atom stereocenters. The first-order valence-corrected chi connectivity index (χ1v) is 7.45. The van der Waals surface area contributed by atoms with E-state index in [1.165, 1.54) is 36.8 Å². The van der Waals surface area contributed by atoms with Crippen LogP contribution in [0.2, 0.25) is 5.02 Å². The first-order valence-electron chi connectivity index (χ1n) is 7.07.